The third kappa shape index (κ3) is 6.07. The first-order valence-corrected chi connectivity index (χ1v) is 12.6. The van der Waals surface area contributed by atoms with Gasteiger partial charge >= 0.3 is 11.7 Å². The monoisotopic (exact) mass is 557 g/mol. The fraction of sp³-hybridized carbons (Fsp3) is 0.308. The number of ether oxygens (including phenoxy) is 1. The highest BCUT2D eigenvalue weighted by atomic mass is 35.5. The van der Waals surface area contributed by atoms with Crippen LogP contribution in [0.15, 0.2) is 52.1 Å². The van der Waals surface area contributed by atoms with Crippen molar-refractivity contribution in [1.29, 1.82) is 0 Å². The molecule has 1 aromatic heterocycles. The Bertz CT molecular complexity index is 1470. The number of amides is 1. The first kappa shape index (κ1) is 29.3. The number of anilines is 1. The standard InChI is InChI=1S/C26H32ClN7O5/c1-5-39-25(37)19(32-23(35)20-17(14-28)7-6-8-18(20)27)13-15-9-11-16(12-10-15)21-22(29-2)33(30-3)26(38)34(31-4)24(21)36/h6-12,19,29-31H,5,13-14,28H2,1-4H3,(H,32,35)/t19-/m0/s1. The van der Waals surface area contributed by atoms with Gasteiger partial charge in [-0.2, -0.15) is 9.35 Å². The Kier molecular flexibility index (Phi) is 9.74. The smallest absolute Gasteiger partial charge is 0.370 e. The topological polar surface area (TPSA) is 162 Å². The predicted molar refractivity (Wildman–Crippen MR) is 151 cm³/mol. The molecule has 0 unspecified atom stereocenters. The second-order valence-corrected chi connectivity index (χ2v) is 8.74. The zero-order valence-electron chi connectivity index (χ0n) is 22.1. The average molecular weight is 558 g/mol. The van der Waals surface area contributed by atoms with Gasteiger partial charge in [0, 0.05) is 34.1 Å². The van der Waals surface area contributed by atoms with Crippen LogP contribution in [0.2, 0.25) is 5.02 Å². The van der Waals surface area contributed by atoms with Gasteiger partial charge in [0.2, 0.25) is 0 Å². The zero-order valence-corrected chi connectivity index (χ0v) is 22.9. The first-order chi connectivity index (χ1) is 18.7. The lowest BCUT2D eigenvalue weighted by Gasteiger charge is -2.20. The molecular weight excluding hydrogens is 526 g/mol. The van der Waals surface area contributed by atoms with Crippen LogP contribution in [-0.4, -0.2) is 55.0 Å². The molecule has 0 spiro atoms. The van der Waals surface area contributed by atoms with Crippen molar-refractivity contribution in [2.75, 3.05) is 43.9 Å². The van der Waals surface area contributed by atoms with Gasteiger partial charge in [0.15, 0.2) is 0 Å². The number of carbonyl (C=O) groups excluding carboxylic acids is 2. The Morgan fingerprint density at radius 3 is 2.26 bits per heavy atom. The minimum atomic E-state index is -1.01. The largest absolute Gasteiger partial charge is 0.464 e. The van der Waals surface area contributed by atoms with E-state index < -0.39 is 29.2 Å². The summed E-state index contributed by atoms with van der Waals surface area (Å²) in [6, 6.07) is 10.8. The summed E-state index contributed by atoms with van der Waals surface area (Å²) in [5.74, 6) is -0.873. The number of aromatic nitrogens is 2. The number of carbonyl (C=O) groups is 2. The van der Waals surface area contributed by atoms with Gasteiger partial charge in [0.25, 0.3) is 11.5 Å². The summed E-state index contributed by atoms with van der Waals surface area (Å²) in [5, 5.41) is 5.85. The van der Waals surface area contributed by atoms with E-state index in [-0.39, 0.29) is 41.5 Å². The van der Waals surface area contributed by atoms with E-state index in [0.29, 0.717) is 16.7 Å². The first-order valence-electron chi connectivity index (χ1n) is 12.2. The second-order valence-electron chi connectivity index (χ2n) is 8.34. The van der Waals surface area contributed by atoms with E-state index in [1.807, 2.05) is 0 Å². The maximum absolute atomic E-state index is 13.1. The Balaban J connectivity index is 1.96. The zero-order chi connectivity index (χ0) is 28.7. The summed E-state index contributed by atoms with van der Waals surface area (Å²) in [4.78, 5) is 51.6. The number of nitrogens with zero attached hydrogens (tertiary/aromatic N) is 2. The SMILES string of the molecule is CCOC(=O)[C@H](Cc1ccc(-c2c(NC)n(NC)c(=O)n(NC)c2=O)cc1)NC(=O)c1c(Cl)cccc1CN. The van der Waals surface area contributed by atoms with Gasteiger partial charge in [-0.25, -0.2) is 9.59 Å². The number of hydrogen-bond acceptors (Lipinski definition) is 9. The lowest BCUT2D eigenvalue weighted by molar-refractivity contribution is -0.145. The Morgan fingerprint density at radius 1 is 1.03 bits per heavy atom. The van der Waals surface area contributed by atoms with Crippen molar-refractivity contribution in [2.45, 2.75) is 25.9 Å². The lowest BCUT2D eigenvalue weighted by Crippen LogP contribution is -2.47. The number of halogens is 1. The molecule has 12 nitrogen and oxygen atoms in total. The van der Waals surface area contributed by atoms with Gasteiger partial charge in [-0.3, -0.25) is 9.59 Å². The molecule has 0 saturated heterocycles. The molecular formula is C26H32ClN7O5. The summed E-state index contributed by atoms with van der Waals surface area (Å²) in [6.07, 6.45) is 0.114. The Morgan fingerprint density at radius 2 is 1.69 bits per heavy atom. The van der Waals surface area contributed by atoms with Crippen LogP contribution in [0.5, 0.6) is 0 Å². The summed E-state index contributed by atoms with van der Waals surface area (Å²) >= 11 is 6.26. The molecule has 0 aliphatic rings. The van der Waals surface area contributed by atoms with E-state index in [1.165, 1.54) is 11.7 Å². The quantitative estimate of drug-likeness (QED) is 0.217. The Hall–Kier alpha value is -4.29. The third-order valence-corrected chi connectivity index (χ3v) is 6.36. The highest BCUT2D eigenvalue weighted by Crippen LogP contribution is 2.24. The van der Waals surface area contributed by atoms with E-state index in [2.05, 4.69) is 21.5 Å². The molecule has 3 rings (SSSR count). The molecule has 39 heavy (non-hydrogen) atoms. The van der Waals surface area contributed by atoms with Crippen molar-refractivity contribution in [2.24, 2.45) is 5.73 Å². The predicted octanol–water partition coefficient (Wildman–Crippen LogP) is 1.08. The molecule has 1 heterocycles. The van der Waals surface area contributed by atoms with Crippen molar-refractivity contribution in [3.63, 3.8) is 0 Å². The number of nitrogens with two attached hydrogens (primary N) is 1. The van der Waals surface area contributed by atoms with E-state index in [0.717, 1.165) is 4.68 Å². The van der Waals surface area contributed by atoms with Gasteiger partial charge < -0.3 is 32.0 Å². The molecule has 0 bridgehead atoms. The van der Waals surface area contributed by atoms with Gasteiger partial charge in [0.05, 0.1) is 22.8 Å². The van der Waals surface area contributed by atoms with Crippen LogP contribution in [0.25, 0.3) is 11.1 Å². The van der Waals surface area contributed by atoms with Gasteiger partial charge in [-0.15, -0.1) is 0 Å². The van der Waals surface area contributed by atoms with Crippen LogP contribution >= 0.6 is 11.6 Å². The van der Waals surface area contributed by atoms with Crippen molar-refractivity contribution < 1.29 is 14.3 Å². The van der Waals surface area contributed by atoms with Crippen LogP contribution in [0.1, 0.15) is 28.4 Å². The van der Waals surface area contributed by atoms with E-state index in [9.17, 15) is 19.2 Å². The maximum atomic E-state index is 13.1. The molecule has 6 N–H and O–H groups in total. The Labute approximate surface area is 230 Å². The number of rotatable bonds is 11. The summed E-state index contributed by atoms with van der Waals surface area (Å²) in [7, 11) is 4.63. The molecule has 0 aliphatic carbocycles. The average Bonchev–Trinajstić information content (AvgIpc) is 2.93. The fourth-order valence-electron chi connectivity index (χ4n) is 4.21. The van der Waals surface area contributed by atoms with Crippen LogP contribution in [0, 0.1) is 0 Å². The van der Waals surface area contributed by atoms with E-state index in [1.54, 1.807) is 63.5 Å². The molecule has 2 aromatic carbocycles. The van der Waals surface area contributed by atoms with Crippen LogP contribution in [0.4, 0.5) is 5.82 Å². The molecule has 0 saturated carbocycles. The third-order valence-electron chi connectivity index (χ3n) is 6.05. The molecule has 208 valence electrons. The van der Waals surface area contributed by atoms with Crippen LogP contribution in [0.3, 0.4) is 0 Å². The second kappa shape index (κ2) is 13.0. The van der Waals surface area contributed by atoms with Crippen LogP contribution in [-0.2, 0) is 22.5 Å². The highest BCUT2D eigenvalue weighted by Gasteiger charge is 2.26. The molecule has 1 amide bonds. The summed E-state index contributed by atoms with van der Waals surface area (Å²) < 4.78 is 7.28. The molecule has 0 fully saturated rings. The maximum Gasteiger partial charge on any atom is 0.370 e. The van der Waals surface area contributed by atoms with Gasteiger partial charge in [-0.05, 0) is 29.7 Å². The van der Waals surface area contributed by atoms with Crippen LogP contribution < -0.4 is 38.5 Å². The minimum Gasteiger partial charge on any atom is -0.464 e. The summed E-state index contributed by atoms with van der Waals surface area (Å²) in [6.45, 7) is 1.91. The van der Waals surface area contributed by atoms with E-state index >= 15 is 0 Å². The van der Waals surface area contributed by atoms with Crippen molar-refractivity contribution in [3.05, 3.63) is 85.0 Å². The van der Waals surface area contributed by atoms with Gasteiger partial charge in [0.1, 0.15) is 11.9 Å². The minimum absolute atomic E-state index is 0.0968. The molecule has 3 aromatic rings. The van der Waals surface area contributed by atoms with Crippen molar-refractivity contribution in [1.82, 2.24) is 14.7 Å². The van der Waals surface area contributed by atoms with Gasteiger partial charge in [-0.1, -0.05) is 48.0 Å². The number of esters is 1. The number of hydrogen-bond donors (Lipinski definition) is 5. The fourth-order valence-corrected chi connectivity index (χ4v) is 4.49. The molecule has 1 atom stereocenters. The molecule has 0 radical (unpaired) electrons. The lowest BCUT2D eigenvalue weighted by atomic mass is 10.0. The van der Waals surface area contributed by atoms with E-state index in [4.69, 9.17) is 22.1 Å². The summed E-state index contributed by atoms with van der Waals surface area (Å²) in [5.41, 5.74) is 12.2. The molecule has 0 aliphatic heterocycles. The highest BCUT2D eigenvalue weighted by molar-refractivity contribution is 6.34. The number of nitrogens with one attached hydrogen (secondary N) is 4. The van der Waals surface area contributed by atoms with Crippen molar-refractivity contribution in [3.8, 4) is 11.1 Å². The number of benzene rings is 2. The normalized spacial score (nSPS) is 11.4. The van der Waals surface area contributed by atoms with Crippen molar-refractivity contribution >= 4 is 29.3 Å². The molecule has 13 heteroatoms.